The number of methoxy groups -OCH3 is 1. The van der Waals surface area contributed by atoms with E-state index in [-0.39, 0.29) is 6.03 Å². The molecule has 0 aliphatic carbocycles. The number of benzene rings is 1. The number of anilines is 2. The largest absolute Gasteiger partial charge is 0.497 e. The van der Waals surface area contributed by atoms with Crippen molar-refractivity contribution in [3.63, 3.8) is 0 Å². The maximum atomic E-state index is 11.7. The Bertz CT molecular complexity index is 512. The lowest BCUT2D eigenvalue weighted by molar-refractivity contribution is 0.262. The second-order valence-corrected chi connectivity index (χ2v) is 3.55. The maximum Gasteiger partial charge on any atom is 0.323 e. The lowest BCUT2D eigenvalue weighted by atomic mass is 10.3. The molecule has 0 fully saturated rings. The van der Waals surface area contributed by atoms with Gasteiger partial charge in [-0.05, 0) is 36.4 Å². The minimum Gasteiger partial charge on any atom is -0.497 e. The lowest BCUT2D eigenvalue weighted by Gasteiger charge is -2.07. The predicted molar refractivity (Wildman–Crippen MR) is 69.9 cm³/mol. The van der Waals surface area contributed by atoms with Crippen LogP contribution in [0.1, 0.15) is 0 Å². The molecule has 2 N–H and O–H groups in total. The third-order valence-electron chi connectivity index (χ3n) is 2.27. The highest BCUT2D eigenvalue weighted by molar-refractivity contribution is 5.99. The highest BCUT2D eigenvalue weighted by atomic mass is 16.5. The lowest BCUT2D eigenvalue weighted by Crippen LogP contribution is -2.19. The van der Waals surface area contributed by atoms with E-state index in [1.165, 1.54) is 0 Å². The second kappa shape index (κ2) is 5.67. The number of ether oxygens (including phenoxy) is 1. The molecule has 2 amide bonds. The van der Waals surface area contributed by atoms with Gasteiger partial charge in [-0.25, -0.2) is 4.79 Å². The molecule has 18 heavy (non-hydrogen) atoms. The normalized spacial score (nSPS) is 9.61. The van der Waals surface area contributed by atoms with Crippen molar-refractivity contribution in [3.05, 3.63) is 48.8 Å². The van der Waals surface area contributed by atoms with Crippen molar-refractivity contribution in [3.8, 4) is 5.75 Å². The molecular formula is C13H13N3O2. The van der Waals surface area contributed by atoms with Gasteiger partial charge in [-0.1, -0.05) is 0 Å². The molecule has 0 bridgehead atoms. The first-order chi connectivity index (χ1) is 8.78. The van der Waals surface area contributed by atoms with Gasteiger partial charge in [0.2, 0.25) is 0 Å². The zero-order chi connectivity index (χ0) is 12.8. The van der Waals surface area contributed by atoms with Gasteiger partial charge < -0.3 is 15.4 Å². The summed E-state index contributed by atoms with van der Waals surface area (Å²) in [4.78, 5) is 15.6. The van der Waals surface area contributed by atoms with Crippen LogP contribution in [0.4, 0.5) is 16.2 Å². The molecule has 0 aliphatic heterocycles. The number of carbonyl (C=O) groups excluding carboxylic acids is 1. The number of hydrogen-bond donors (Lipinski definition) is 2. The Labute approximate surface area is 105 Å². The van der Waals surface area contributed by atoms with E-state index in [2.05, 4.69) is 15.6 Å². The summed E-state index contributed by atoms with van der Waals surface area (Å²) in [7, 11) is 1.59. The Kier molecular flexibility index (Phi) is 3.76. The van der Waals surface area contributed by atoms with E-state index in [1.54, 1.807) is 55.9 Å². The Morgan fingerprint density at radius 1 is 1.11 bits per heavy atom. The van der Waals surface area contributed by atoms with Crippen LogP contribution >= 0.6 is 0 Å². The molecule has 2 rings (SSSR count). The van der Waals surface area contributed by atoms with E-state index in [0.717, 1.165) is 5.75 Å². The van der Waals surface area contributed by atoms with Crippen molar-refractivity contribution in [2.75, 3.05) is 17.7 Å². The molecule has 1 aromatic heterocycles. The van der Waals surface area contributed by atoms with Gasteiger partial charge in [0.1, 0.15) is 5.75 Å². The second-order valence-electron chi connectivity index (χ2n) is 3.55. The van der Waals surface area contributed by atoms with Crippen molar-refractivity contribution >= 4 is 17.4 Å². The van der Waals surface area contributed by atoms with Crippen LogP contribution in [0.5, 0.6) is 5.75 Å². The van der Waals surface area contributed by atoms with Crippen LogP contribution in [0.2, 0.25) is 0 Å². The number of nitrogens with one attached hydrogen (secondary N) is 2. The van der Waals surface area contributed by atoms with Crippen LogP contribution in [0.3, 0.4) is 0 Å². The van der Waals surface area contributed by atoms with Crippen LogP contribution in [0.25, 0.3) is 0 Å². The number of hydrogen-bond acceptors (Lipinski definition) is 3. The fraction of sp³-hybridized carbons (Fsp3) is 0.0769. The Morgan fingerprint density at radius 2 is 1.83 bits per heavy atom. The fourth-order valence-corrected chi connectivity index (χ4v) is 1.40. The van der Waals surface area contributed by atoms with Crippen molar-refractivity contribution in [1.82, 2.24) is 4.98 Å². The van der Waals surface area contributed by atoms with Gasteiger partial charge in [0, 0.05) is 11.9 Å². The molecule has 92 valence electrons. The molecule has 1 aromatic carbocycles. The Hall–Kier alpha value is -2.56. The molecule has 0 radical (unpaired) electrons. The van der Waals surface area contributed by atoms with Gasteiger partial charge in [-0.3, -0.25) is 4.98 Å². The summed E-state index contributed by atoms with van der Waals surface area (Å²) in [5.41, 5.74) is 1.33. The van der Waals surface area contributed by atoms with Crippen LogP contribution in [-0.4, -0.2) is 18.1 Å². The number of urea groups is 1. The number of aromatic nitrogens is 1. The maximum absolute atomic E-state index is 11.7. The minimum absolute atomic E-state index is 0.312. The van der Waals surface area contributed by atoms with E-state index in [1.807, 2.05) is 0 Å². The Balaban J connectivity index is 1.94. The molecule has 0 saturated heterocycles. The standard InChI is InChI=1S/C13H13N3O2/c1-18-12-6-4-10(5-7-12)15-13(17)16-11-3-2-8-14-9-11/h2-9H,1H3,(H2,15,16,17). The van der Waals surface area contributed by atoms with Crippen molar-refractivity contribution in [2.24, 2.45) is 0 Å². The van der Waals surface area contributed by atoms with E-state index in [9.17, 15) is 4.79 Å². The fourth-order valence-electron chi connectivity index (χ4n) is 1.40. The van der Waals surface area contributed by atoms with E-state index in [4.69, 9.17) is 4.74 Å². The SMILES string of the molecule is COc1ccc(NC(=O)Nc2cccnc2)cc1. The monoisotopic (exact) mass is 243 g/mol. The predicted octanol–water partition coefficient (Wildman–Crippen LogP) is 2.73. The molecule has 0 atom stereocenters. The third-order valence-corrected chi connectivity index (χ3v) is 2.27. The number of rotatable bonds is 3. The number of pyridine rings is 1. The molecule has 2 aromatic rings. The summed E-state index contributed by atoms with van der Waals surface area (Å²) in [5, 5.41) is 5.38. The molecule has 5 nitrogen and oxygen atoms in total. The first-order valence-electron chi connectivity index (χ1n) is 5.40. The highest BCUT2D eigenvalue weighted by Gasteiger charge is 2.02. The summed E-state index contributed by atoms with van der Waals surface area (Å²) in [6, 6.07) is 10.3. The first-order valence-corrected chi connectivity index (χ1v) is 5.40. The summed E-state index contributed by atoms with van der Waals surface area (Å²) in [6.07, 6.45) is 3.22. The van der Waals surface area contributed by atoms with Crippen LogP contribution in [0, 0.1) is 0 Å². The molecule has 5 heteroatoms. The number of nitrogens with zero attached hydrogens (tertiary/aromatic N) is 1. The average Bonchev–Trinajstić information content (AvgIpc) is 2.40. The minimum atomic E-state index is -0.312. The average molecular weight is 243 g/mol. The molecule has 0 spiro atoms. The molecular weight excluding hydrogens is 230 g/mol. The zero-order valence-corrected chi connectivity index (χ0v) is 9.88. The number of amides is 2. The van der Waals surface area contributed by atoms with Crippen molar-refractivity contribution in [1.29, 1.82) is 0 Å². The highest BCUT2D eigenvalue weighted by Crippen LogP contribution is 2.15. The third kappa shape index (κ3) is 3.21. The van der Waals surface area contributed by atoms with E-state index >= 15 is 0 Å². The van der Waals surface area contributed by atoms with Gasteiger partial charge >= 0.3 is 6.03 Å². The quantitative estimate of drug-likeness (QED) is 0.871. The molecule has 0 unspecified atom stereocenters. The summed E-state index contributed by atoms with van der Waals surface area (Å²) in [5.74, 6) is 0.744. The first kappa shape index (κ1) is 11.9. The van der Waals surface area contributed by atoms with Gasteiger partial charge in [0.15, 0.2) is 0 Å². The molecule has 0 aliphatic rings. The van der Waals surface area contributed by atoms with E-state index < -0.39 is 0 Å². The van der Waals surface area contributed by atoms with Crippen LogP contribution in [0.15, 0.2) is 48.8 Å². The topological polar surface area (TPSA) is 63.2 Å². The van der Waals surface area contributed by atoms with Gasteiger partial charge in [-0.15, -0.1) is 0 Å². The van der Waals surface area contributed by atoms with Gasteiger partial charge in [0.05, 0.1) is 19.0 Å². The van der Waals surface area contributed by atoms with Gasteiger partial charge in [0.25, 0.3) is 0 Å². The smallest absolute Gasteiger partial charge is 0.323 e. The van der Waals surface area contributed by atoms with Crippen molar-refractivity contribution in [2.45, 2.75) is 0 Å². The van der Waals surface area contributed by atoms with E-state index in [0.29, 0.717) is 11.4 Å². The van der Waals surface area contributed by atoms with Crippen LogP contribution < -0.4 is 15.4 Å². The Morgan fingerprint density at radius 3 is 2.44 bits per heavy atom. The zero-order valence-electron chi connectivity index (χ0n) is 9.88. The van der Waals surface area contributed by atoms with Crippen LogP contribution in [-0.2, 0) is 0 Å². The molecule has 1 heterocycles. The van der Waals surface area contributed by atoms with Gasteiger partial charge in [-0.2, -0.15) is 0 Å². The molecule has 0 saturated carbocycles. The summed E-state index contributed by atoms with van der Waals surface area (Å²) in [6.45, 7) is 0. The summed E-state index contributed by atoms with van der Waals surface area (Å²) < 4.78 is 5.03. The summed E-state index contributed by atoms with van der Waals surface area (Å²) >= 11 is 0. The van der Waals surface area contributed by atoms with Crippen molar-refractivity contribution < 1.29 is 9.53 Å². The number of carbonyl (C=O) groups is 1.